The first-order valence-corrected chi connectivity index (χ1v) is 6.91. The molecule has 1 rings (SSSR count). The third kappa shape index (κ3) is 4.91. The van der Waals surface area contributed by atoms with Gasteiger partial charge in [0, 0.05) is 12.1 Å². The quantitative estimate of drug-likeness (QED) is 0.570. The van der Waals surface area contributed by atoms with Gasteiger partial charge in [-0.05, 0) is 25.0 Å². The molecule has 0 heterocycles. The van der Waals surface area contributed by atoms with Crippen LogP contribution in [0.2, 0.25) is 0 Å². The average molecular weight is 304 g/mol. The number of halogens is 3. The van der Waals surface area contributed by atoms with Crippen LogP contribution in [0.25, 0.3) is 0 Å². The van der Waals surface area contributed by atoms with Crippen molar-refractivity contribution in [2.24, 2.45) is 0 Å². The van der Waals surface area contributed by atoms with Crippen molar-refractivity contribution in [3.8, 4) is 0 Å². The SMILES string of the molecule is CCCC(CCC)Nc1ccc(C(F)(F)F)cc1[N+](=O)[O-]. The molecule has 0 fully saturated rings. The summed E-state index contributed by atoms with van der Waals surface area (Å²) >= 11 is 0. The second kappa shape index (κ2) is 7.28. The number of nitrogens with one attached hydrogen (secondary N) is 1. The standard InChI is InChI=1S/C14H19F3N2O2/c1-3-5-11(6-4-2)18-12-8-7-10(14(15,16)17)9-13(12)19(20)21/h7-9,11,18H,3-6H2,1-2H3. The molecule has 0 aliphatic carbocycles. The van der Waals surface area contributed by atoms with Crippen LogP contribution < -0.4 is 5.32 Å². The van der Waals surface area contributed by atoms with Crippen LogP contribution >= 0.6 is 0 Å². The Bertz CT molecular complexity index is 484. The fourth-order valence-corrected chi connectivity index (χ4v) is 2.19. The molecule has 0 aromatic heterocycles. The first-order chi connectivity index (χ1) is 9.79. The Labute approximate surface area is 121 Å². The number of alkyl halides is 3. The Hall–Kier alpha value is -1.79. The lowest BCUT2D eigenvalue weighted by atomic mass is 10.1. The number of nitro benzene ring substituents is 1. The normalized spacial score (nSPS) is 11.7. The molecular formula is C14H19F3N2O2. The van der Waals surface area contributed by atoms with Gasteiger partial charge in [-0.15, -0.1) is 0 Å². The van der Waals surface area contributed by atoms with Crippen LogP contribution in [0.5, 0.6) is 0 Å². The number of hydrogen-bond donors (Lipinski definition) is 1. The Kier molecular flexibility index (Phi) is 5.99. The summed E-state index contributed by atoms with van der Waals surface area (Å²) in [6.07, 6.45) is -1.17. The number of nitro groups is 1. The zero-order valence-corrected chi connectivity index (χ0v) is 12.0. The average Bonchev–Trinajstić information content (AvgIpc) is 2.38. The highest BCUT2D eigenvalue weighted by atomic mass is 19.4. The summed E-state index contributed by atoms with van der Waals surface area (Å²) in [5.41, 5.74) is -1.41. The molecule has 1 N–H and O–H groups in total. The van der Waals surface area contributed by atoms with Crippen molar-refractivity contribution in [3.05, 3.63) is 33.9 Å². The largest absolute Gasteiger partial charge is 0.416 e. The van der Waals surface area contributed by atoms with Crippen LogP contribution in [0.4, 0.5) is 24.5 Å². The third-order valence-corrected chi connectivity index (χ3v) is 3.16. The van der Waals surface area contributed by atoms with Gasteiger partial charge in [-0.2, -0.15) is 13.2 Å². The molecule has 0 atom stereocenters. The molecule has 1 aromatic rings. The van der Waals surface area contributed by atoms with Crippen LogP contribution in [0, 0.1) is 10.1 Å². The van der Waals surface area contributed by atoms with Gasteiger partial charge in [-0.3, -0.25) is 10.1 Å². The van der Waals surface area contributed by atoms with E-state index in [-0.39, 0.29) is 11.7 Å². The highest BCUT2D eigenvalue weighted by molar-refractivity contribution is 5.63. The number of hydrogen-bond acceptors (Lipinski definition) is 3. The van der Waals surface area contributed by atoms with Crippen LogP contribution in [-0.2, 0) is 6.18 Å². The second-order valence-electron chi connectivity index (χ2n) is 4.91. The van der Waals surface area contributed by atoms with Crippen molar-refractivity contribution in [1.82, 2.24) is 0 Å². The van der Waals surface area contributed by atoms with Crippen molar-refractivity contribution in [3.63, 3.8) is 0 Å². The molecule has 0 bridgehead atoms. The number of nitrogens with zero attached hydrogens (tertiary/aromatic N) is 1. The van der Waals surface area contributed by atoms with E-state index in [1.54, 1.807) is 0 Å². The van der Waals surface area contributed by atoms with Crippen LogP contribution in [-0.4, -0.2) is 11.0 Å². The molecule has 0 aliphatic heterocycles. The minimum absolute atomic E-state index is 0.0236. The fourth-order valence-electron chi connectivity index (χ4n) is 2.19. The lowest BCUT2D eigenvalue weighted by Gasteiger charge is -2.19. The summed E-state index contributed by atoms with van der Waals surface area (Å²) < 4.78 is 37.9. The van der Waals surface area contributed by atoms with E-state index in [1.807, 2.05) is 13.8 Å². The van der Waals surface area contributed by atoms with E-state index in [9.17, 15) is 23.3 Å². The van der Waals surface area contributed by atoms with Crippen LogP contribution in [0.1, 0.15) is 45.1 Å². The predicted molar refractivity (Wildman–Crippen MR) is 75.3 cm³/mol. The van der Waals surface area contributed by atoms with Gasteiger partial charge >= 0.3 is 6.18 Å². The lowest BCUT2D eigenvalue weighted by Crippen LogP contribution is -2.20. The van der Waals surface area contributed by atoms with Crippen molar-refractivity contribution in [1.29, 1.82) is 0 Å². The lowest BCUT2D eigenvalue weighted by molar-refractivity contribution is -0.384. The van der Waals surface area contributed by atoms with Gasteiger partial charge < -0.3 is 5.32 Å². The van der Waals surface area contributed by atoms with Crippen LogP contribution in [0.15, 0.2) is 18.2 Å². The van der Waals surface area contributed by atoms with Crippen molar-refractivity contribution < 1.29 is 18.1 Å². The van der Waals surface area contributed by atoms with E-state index in [4.69, 9.17) is 0 Å². The molecule has 4 nitrogen and oxygen atoms in total. The molecule has 118 valence electrons. The Morgan fingerprint density at radius 1 is 1.24 bits per heavy atom. The summed E-state index contributed by atoms with van der Waals surface area (Å²) in [6, 6.07) is 2.61. The maximum absolute atomic E-state index is 12.6. The summed E-state index contributed by atoms with van der Waals surface area (Å²) in [4.78, 5) is 10.2. The predicted octanol–water partition coefficient (Wildman–Crippen LogP) is 4.99. The van der Waals surface area contributed by atoms with Gasteiger partial charge in [-0.1, -0.05) is 26.7 Å². The number of anilines is 1. The molecule has 0 saturated heterocycles. The monoisotopic (exact) mass is 304 g/mol. The fraction of sp³-hybridized carbons (Fsp3) is 0.571. The molecule has 1 aromatic carbocycles. The Balaban J connectivity index is 3.08. The van der Waals surface area contributed by atoms with Gasteiger partial charge in [0.15, 0.2) is 0 Å². The van der Waals surface area contributed by atoms with E-state index in [2.05, 4.69) is 5.32 Å². The molecule has 0 amide bonds. The highest BCUT2D eigenvalue weighted by Crippen LogP contribution is 2.35. The zero-order valence-electron chi connectivity index (χ0n) is 12.0. The third-order valence-electron chi connectivity index (χ3n) is 3.16. The molecule has 0 radical (unpaired) electrons. The summed E-state index contributed by atoms with van der Waals surface area (Å²) in [7, 11) is 0. The second-order valence-corrected chi connectivity index (χ2v) is 4.91. The number of rotatable bonds is 7. The zero-order chi connectivity index (χ0) is 16.0. The van der Waals surface area contributed by atoms with Gasteiger partial charge in [0.05, 0.1) is 10.5 Å². The van der Waals surface area contributed by atoms with Crippen LogP contribution in [0.3, 0.4) is 0 Å². The topological polar surface area (TPSA) is 55.2 Å². The smallest absolute Gasteiger partial charge is 0.377 e. The molecular weight excluding hydrogens is 285 g/mol. The van der Waals surface area contributed by atoms with Gasteiger partial charge in [0.2, 0.25) is 0 Å². The molecule has 7 heteroatoms. The maximum Gasteiger partial charge on any atom is 0.416 e. The summed E-state index contributed by atoms with van der Waals surface area (Å²) in [6.45, 7) is 3.98. The summed E-state index contributed by atoms with van der Waals surface area (Å²) in [5, 5.41) is 14.0. The van der Waals surface area contributed by atoms with Crippen molar-refractivity contribution in [2.45, 2.75) is 51.7 Å². The molecule has 0 saturated carbocycles. The van der Waals surface area contributed by atoms with Crippen molar-refractivity contribution >= 4 is 11.4 Å². The van der Waals surface area contributed by atoms with Gasteiger partial charge in [0.1, 0.15) is 5.69 Å². The molecule has 0 aliphatic rings. The van der Waals surface area contributed by atoms with E-state index < -0.39 is 22.4 Å². The van der Waals surface area contributed by atoms with Crippen molar-refractivity contribution in [2.75, 3.05) is 5.32 Å². The minimum atomic E-state index is -4.59. The highest BCUT2D eigenvalue weighted by Gasteiger charge is 2.33. The Morgan fingerprint density at radius 3 is 2.24 bits per heavy atom. The van der Waals surface area contributed by atoms with E-state index in [0.717, 1.165) is 37.8 Å². The Morgan fingerprint density at radius 2 is 1.81 bits per heavy atom. The molecule has 0 spiro atoms. The molecule has 21 heavy (non-hydrogen) atoms. The first-order valence-electron chi connectivity index (χ1n) is 6.91. The minimum Gasteiger partial charge on any atom is -0.377 e. The maximum atomic E-state index is 12.6. The summed E-state index contributed by atoms with van der Waals surface area (Å²) in [5.74, 6) is 0. The van der Waals surface area contributed by atoms with E-state index in [0.29, 0.717) is 6.07 Å². The number of benzene rings is 1. The first kappa shape index (κ1) is 17.3. The molecule has 0 unspecified atom stereocenters. The van der Waals surface area contributed by atoms with E-state index in [1.165, 1.54) is 0 Å². The van der Waals surface area contributed by atoms with E-state index >= 15 is 0 Å². The van der Waals surface area contributed by atoms with Gasteiger partial charge in [0.25, 0.3) is 5.69 Å². The van der Waals surface area contributed by atoms with Gasteiger partial charge in [-0.25, -0.2) is 0 Å².